The van der Waals surface area contributed by atoms with Crippen molar-refractivity contribution in [2.45, 2.75) is 32.6 Å². The van der Waals surface area contributed by atoms with E-state index in [9.17, 15) is 4.39 Å². The molecule has 0 unspecified atom stereocenters. The minimum Gasteiger partial charge on any atom is -0.388 e. The number of halogens is 1. The van der Waals surface area contributed by atoms with E-state index >= 15 is 0 Å². The number of unbranched alkanes of at least 4 members (excludes halogenated alkanes) is 2. The van der Waals surface area contributed by atoms with Gasteiger partial charge in [0, 0.05) is 18.3 Å². The highest BCUT2D eigenvalue weighted by Crippen LogP contribution is 2.29. The summed E-state index contributed by atoms with van der Waals surface area (Å²) in [5.74, 6) is -0.188. The van der Waals surface area contributed by atoms with Crippen molar-refractivity contribution in [2.24, 2.45) is 0 Å². The molecule has 0 heterocycles. The number of benzene rings is 3. The molecule has 0 fully saturated rings. The second-order valence-electron chi connectivity index (χ2n) is 6.68. The Hall–Kier alpha value is -2.61. The van der Waals surface area contributed by atoms with Crippen LogP contribution in [0.1, 0.15) is 31.7 Å². The molecule has 134 valence electrons. The molecule has 0 aliphatic heterocycles. The lowest BCUT2D eigenvalue weighted by atomic mass is 9.98. The predicted octanol–water partition coefficient (Wildman–Crippen LogP) is 6.93. The Labute approximate surface area is 155 Å². The Morgan fingerprint density at radius 1 is 0.769 bits per heavy atom. The monoisotopic (exact) mass is 347 g/mol. The van der Waals surface area contributed by atoms with Gasteiger partial charge in [-0.2, -0.15) is 0 Å². The third-order valence-electron chi connectivity index (χ3n) is 4.81. The van der Waals surface area contributed by atoms with E-state index in [-0.39, 0.29) is 5.82 Å². The fourth-order valence-electron chi connectivity index (χ4n) is 3.19. The van der Waals surface area contributed by atoms with E-state index < -0.39 is 0 Å². The number of anilines is 1. The Morgan fingerprint density at radius 2 is 1.42 bits per heavy atom. The second kappa shape index (κ2) is 8.66. The predicted molar refractivity (Wildman–Crippen MR) is 110 cm³/mol. The van der Waals surface area contributed by atoms with Gasteiger partial charge >= 0.3 is 0 Å². The van der Waals surface area contributed by atoms with Crippen LogP contribution in [0.25, 0.3) is 22.3 Å². The molecule has 3 rings (SSSR count). The van der Waals surface area contributed by atoms with Gasteiger partial charge in [-0.25, -0.2) is 4.39 Å². The molecule has 0 saturated heterocycles. The van der Waals surface area contributed by atoms with Gasteiger partial charge in [0.15, 0.2) is 0 Å². The largest absolute Gasteiger partial charge is 0.388 e. The van der Waals surface area contributed by atoms with E-state index in [1.165, 1.54) is 24.8 Å². The lowest BCUT2D eigenvalue weighted by Gasteiger charge is -2.09. The van der Waals surface area contributed by atoms with Crippen molar-refractivity contribution < 1.29 is 4.39 Å². The number of nitrogens with one attached hydrogen (secondary N) is 1. The lowest BCUT2D eigenvalue weighted by Crippen LogP contribution is -1.90. The molecular formula is C24H26FN. The minimum absolute atomic E-state index is 0.188. The number of rotatable bonds is 7. The standard InChI is InChI=1S/C24H26FN/c1-3-4-5-6-18-7-9-19(10-8-18)21-13-16-23(24(25)17-21)20-11-14-22(26-2)15-12-20/h7-17,26H,3-6H2,1-2H3. The van der Waals surface area contributed by atoms with E-state index in [2.05, 4.69) is 36.5 Å². The van der Waals surface area contributed by atoms with Gasteiger partial charge in [-0.15, -0.1) is 0 Å². The van der Waals surface area contributed by atoms with Crippen LogP contribution in [-0.4, -0.2) is 7.05 Å². The molecule has 3 aromatic rings. The SMILES string of the molecule is CCCCCc1ccc(-c2ccc(-c3ccc(NC)cc3)c(F)c2)cc1. The highest BCUT2D eigenvalue weighted by atomic mass is 19.1. The first-order chi connectivity index (χ1) is 12.7. The van der Waals surface area contributed by atoms with E-state index in [1.807, 2.05) is 43.4 Å². The zero-order valence-electron chi connectivity index (χ0n) is 15.6. The summed E-state index contributed by atoms with van der Waals surface area (Å²) in [6.45, 7) is 2.22. The topological polar surface area (TPSA) is 12.0 Å². The molecule has 0 spiro atoms. The van der Waals surface area contributed by atoms with Crippen LogP contribution in [0, 0.1) is 5.82 Å². The molecule has 0 radical (unpaired) electrons. The molecule has 26 heavy (non-hydrogen) atoms. The van der Waals surface area contributed by atoms with Crippen LogP contribution in [-0.2, 0) is 6.42 Å². The van der Waals surface area contributed by atoms with Crippen molar-refractivity contribution in [3.8, 4) is 22.3 Å². The molecule has 0 saturated carbocycles. The van der Waals surface area contributed by atoms with Crippen molar-refractivity contribution in [2.75, 3.05) is 12.4 Å². The molecule has 3 aromatic carbocycles. The van der Waals surface area contributed by atoms with E-state index in [0.717, 1.165) is 28.8 Å². The maximum Gasteiger partial charge on any atom is 0.131 e. The third-order valence-corrected chi connectivity index (χ3v) is 4.81. The zero-order chi connectivity index (χ0) is 18.4. The first-order valence-electron chi connectivity index (χ1n) is 9.38. The van der Waals surface area contributed by atoms with Crippen LogP contribution in [0.5, 0.6) is 0 Å². The van der Waals surface area contributed by atoms with Gasteiger partial charge < -0.3 is 5.32 Å². The van der Waals surface area contributed by atoms with E-state index in [4.69, 9.17) is 0 Å². The van der Waals surface area contributed by atoms with Gasteiger partial charge in [0.1, 0.15) is 5.82 Å². The summed E-state index contributed by atoms with van der Waals surface area (Å²) >= 11 is 0. The highest BCUT2D eigenvalue weighted by molar-refractivity contribution is 5.72. The fourth-order valence-corrected chi connectivity index (χ4v) is 3.19. The molecular weight excluding hydrogens is 321 g/mol. The Kier molecular flexibility index (Phi) is 6.06. The van der Waals surface area contributed by atoms with Gasteiger partial charge in [0.25, 0.3) is 0 Å². The van der Waals surface area contributed by atoms with Crippen LogP contribution in [0.2, 0.25) is 0 Å². The van der Waals surface area contributed by atoms with Gasteiger partial charge in [0.2, 0.25) is 0 Å². The summed E-state index contributed by atoms with van der Waals surface area (Å²) in [4.78, 5) is 0. The first kappa shape index (κ1) is 18.2. The summed E-state index contributed by atoms with van der Waals surface area (Å²) in [6.07, 6.45) is 4.85. The van der Waals surface area contributed by atoms with E-state index in [1.54, 1.807) is 6.07 Å². The number of aryl methyl sites for hydroxylation is 1. The molecule has 0 atom stereocenters. The summed E-state index contributed by atoms with van der Waals surface area (Å²) in [5.41, 5.74) is 5.86. The molecule has 0 bridgehead atoms. The molecule has 1 N–H and O–H groups in total. The third kappa shape index (κ3) is 4.32. The number of hydrogen-bond acceptors (Lipinski definition) is 1. The van der Waals surface area contributed by atoms with Gasteiger partial charge in [0.05, 0.1) is 0 Å². The summed E-state index contributed by atoms with van der Waals surface area (Å²) in [6, 6.07) is 21.8. The van der Waals surface area contributed by atoms with Crippen molar-refractivity contribution in [3.05, 3.63) is 78.1 Å². The fraction of sp³-hybridized carbons (Fsp3) is 0.250. The van der Waals surface area contributed by atoms with Gasteiger partial charge in [-0.1, -0.05) is 68.3 Å². The van der Waals surface area contributed by atoms with Gasteiger partial charge in [-0.05, 0) is 53.3 Å². The zero-order valence-corrected chi connectivity index (χ0v) is 15.6. The molecule has 0 aliphatic rings. The average molecular weight is 347 g/mol. The van der Waals surface area contributed by atoms with Gasteiger partial charge in [-0.3, -0.25) is 0 Å². The minimum atomic E-state index is -0.188. The van der Waals surface area contributed by atoms with Crippen LogP contribution >= 0.6 is 0 Å². The van der Waals surface area contributed by atoms with Crippen LogP contribution in [0.4, 0.5) is 10.1 Å². The Morgan fingerprint density at radius 3 is 2.04 bits per heavy atom. The van der Waals surface area contributed by atoms with Crippen molar-refractivity contribution >= 4 is 5.69 Å². The van der Waals surface area contributed by atoms with Crippen LogP contribution in [0.15, 0.2) is 66.7 Å². The Bertz CT molecular complexity index is 835. The maximum absolute atomic E-state index is 14.7. The van der Waals surface area contributed by atoms with Crippen LogP contribution in [0.3, 0.4) is 0 Å². The molecule has 2 heteroatoms. The maximum atomic E-state index is 14.7. The van der Waals surface area contributed by atoms with Crippen molar-refractivity contribution in [3.63, 3.8) is 0 Å². The second-order valence-corrected chi connectivity index (χ2v) is 6.68. The van der Waals surface area contributed by atoms with Crippen molar-refractivity contribution in [1.82, 2.24) is 0 Å². The smallest absolute Gasteiger partial charge is 0.131 e. The summed E-state index contributed by atoms with van der Waals surface area (Å²) < 4.78 is 14.7. The molecule has 0 aromatic heterocycles. The summed E-state index contributed by atoms with van der Waals surface area (Å²) in [5, 5.41) is 3.08. The quantitative estimate of drug-likeness (QED) is 0.457. The van der Waals surface area contributed by atoms with Crippen LogP contribution < -0.4 is 5.32 Å². The van der Waals surface area contributed by atoms with Crippen molar-refractivity contribution in [1.29, 1.82) is 0 Å². The normalized spacial score (nSPS) is 10.7. The highest BCUT2D eigenvalue weighted by Gasteiger charge is 2.08. The average Bonchev–Trinajstić information content (AvgIpc) is 2.69. The molecule has 0 aliphatic carbocycles. The first-order valence-corrected chi connectivity index (χ1v) is 9.38. The molecule has 0 amide bonds. The number of hydrogen-bond donors (Lipinski definition) is 1. The molecule has 1 nitrogen and oxygen atoms in total. The summed E-state index contributed by atoms with van der Waals surface area (Å²) in [7, 11) is 1.87. The van der Waals surface area contributed by atoms with E-state index in [0.29, 0.717) is 5.56 Å². The lowest BCUT2D eigenvalue weighted by molar-refractivity contribution is 0.632. The Balaban J connectivity index is 1.78.